The van der Waals surface area contributed by atoms with Gasteiger partial charge in [-0.25, -0.2) is 0 Å². The average molecular weight is 281 g/mol. The summed E-state index contributed by atoms with van der Waals surface area (Å²) in [7, 11) is 0. The first-order chi connectivity index (χ1) is 9.38. The van der Waals surface area contributed by atoms with Gasteiger partial charge < -0.3 is 14.8 Å². The second-order valence-electron chi connectivity index (χ2n) is 4.77. The topological polar surface area (TPSA) is 30.5 Å². The Kier molecular flexibility index (Phi) is 6.37. The molecule has 0 unspecified atom stereocenters. The molecular weight excluding hydrogens is 258 g/mol. The number of benzene rings is 1. The molecule has 0 atom stereocenters. The van der Waals surface area contributed by atoms with E-state index in [1.807, 2.05) is 36.0 Å². The second-order valence-corrected chi connectivity index (χ2v) is 5.92. The van der Waals surface area contributed by atoms with E-state index in [1.165, 1.54) is 18.8 Å². The molecule has 2 rings (SSSR count). The minimum Gasteiger partial charge on any atom is -0.494 e. The molecule has 0 bridgehead atoms. The van der Waals surface area contributed by atoms with Crippen LogP contribution in [0.4, 0.5) is 0 Å². The second kappa shape index (κ2) is 8.33. The van der Waals surface area contributed by atoms with Crippen molar-refractivity contribution < 1.29 is 9.47 Å². The van der Waals surface area contributed by atoms with E-state index in [2.05, 4.69) is 12.2 Å². The van der Waals surface area contributed by atoms with Gasteiger partial charge in [0, 0.05) is 5.75 Å². The van der Waals surface area contributed by atoms with Crippen molar-refractivity contribution in [2.24, 2.45) is 5.92 Å². The van der Waals surface area contributed by atoms with Crippen molar-refractivity contribution in [3.05, 3.63) is 24.3 Å². The number of rotatable bonds is 9. The summed E-state index contributed by atoms with van der Waals surface area (Å²) in [6.07, 6.45) is 1.03. The minimum absolute atomic E-state index is 0.771. The molecule has 0 saturated carbocycles. The van der Waals surface area contributed by atoms with Gasteiger partial charge >= 0.3 is 0 Å². The first-order valence-corrected chi connectivity index (χ1v) is 8.18. The van der Waals surface area contributed by atoms with Crippen molar-refractivity contribution in [3.63, 3.8) is 0 Å². The van der Waals surface area contributed by atoms with Gasteiger partial charge in [-0.3, -0.25) is 0 Å². The normalized spacial score (nSPS) is 15.0. The van der Waals surface area contributed by atoms with Gasteiger partial charge in [0.2, 0.25) is 0 Å². The van der Waals surface area contributed by atoms with Crippen LogP contribution in [0.2, 0.25) is 0 Å². The molecule has 0 aromatic heterocycles. The lowest BCUT2D eigenvalue weighted by molar-refractivity contribution is 0.314. The Morgan fingerprint density at radius 3 is 2.26 bits per heavy atom. The summed E-state index contributed by atoms with van der Waals surface area (Å²) >= 11 is 1.98. The van der Waals surface area contributed by atoms with E-state index >= 15 is 0 Å². The van der Waals surface area contributed by atoms with E-state index in [0.29, 0.717) is 0 Å². The molecule has 0 aliphatic carbocycles. The van der Waals surface area contributed by atoms with Crippen LogP contribution in [-0.4, -0.2) is 37.8 Å². The molecule has 1 fully saturated rings. The molecular formula is C15H23NO2S. The molecule has 1 aromatic carbocycles. The molecule has 1 saturated heterocycles. The van der Waals surface area contributed by atoms with Crippen LogP contribution in [0.5, 0.6) is 11.5 Å². The highest BCUT2D eigenvalue weighted by Gasteiger charge is 2.15. The number of hydrogen-bond acceptors (Lipinski definition) is 4. The van der Waals surface area contributed by atoms with Crippen LogP contribution < -0.4 is 14.8 Å². The summed E-state index contributed by atoms with van der Waals surface area (Å²) in [5, 5.41) is 3.29. The van der Waals surface area contributed by atoms with E-state index in [9.17, 15) is 0 Å². The molecule has 106 valence electrons. The van der Waals surface area contributed by atoms with Gasteiger partial charge in [-0.1, -0.05) is 6.92 Å². The van der Waals surface area contributed by atoms with Crippen LogP contribution in [0, 0.1) is 5.92 Å². The zero-order valence-electron chi connectivity index (χ0n) is 11.6. The fraction of sp³-hybridized carbons (Fsp3) is 0.600. The highest BCUT2D eigenvalue weighted by molar-refractivity contribution is 7.99. The first-order valence-electron chi connectivity index (χ1n) is 7.02. The van der Waals surface area contributed by atoms with Crippen LogP contribution in [-0.2, 0) is 0 Å². The molecule has 0 amide bonds. The van der Waals surface area contributed by atoms with Gasteiger partial charge in [-0.2, -0.15) is 11.8 Å². The van der Waals surface area contributed by atoms with Gasteiger partial charge in [0.05, 0.1) is 13.2 Å². The van der Waals surface area contributed by atoms with Crippen LogP contribution in [0.25, 0.3) is 0 Å². The Bertz CT molecular complexity index is 352. The Labute approximate surface area is 120 Å². The third-order valence-electron chi connectivity index (χ3n) is 3.01. The van der Waals surface area contributed by atoms with Gasteiger partial charge in [0.1, 0.15) is 11.5 Å². The SMILES string of the molecule is CCCOc1ccc(OCCSCC2CNC2)cc1. The zero-order chi connectivity index (χ0) is 13.3. The Morgan fingerprint density at radius 1 is 1.11 bits per heavy atom. The van der Waals surface area contributed by atoms with Crippen molar-refractivity contribution >= 4 is 11.8 Å². The molecule has 0 radical (unpaired) electrons. The summed E-state index contributed by atoms with van der Waals surface area (Å²) in [4.78, 5) is 0. The van der Waals surface area contributed by atoms with Gasteiger partial charge in [-0.05, 0) is 55.4 Å². The lowest BCUT2D eigenvalue weighted by Crippen LogP contribution is -2.43. The fourth-order valence-corrected chi connectivity index (χ4v) is 2.72. The largest absolute Gasteiger partial charge is 0.494 e. The molecule has 4 heteroatoms. The minimum atomic E-state index is 0.771. The summed E-state index contributed by atoms with van der Waals surface area (Å²) < 4.78 is 11.2. The molecule has 1 N–H and O–H groups in total. The number of thioether (sulfide) groups is 1. The number of ether oxygens (including phenoxy) is 2. The van der Waals surface area contributed by atoms with Gasteiger partial charge in [0.25, 0.3) is 0 Å². The highest BCUT2D eigenvalue weighted by atomic mass is 32.2. The summed E-state index contributed by atoms with van der Waals surface area (Å²) in [5.41, 5.74) is 0. The van der Waals surface area contributed by atoms with Crippen molar-refractivity contribution in [2.75, 3.05) is 37.8 Å². The van der Waals surface area contributed by atoms with Crippen molar-refractivity contribution in [3.8, 4) is 11.5 Å². The van der Waals surface area contributed by atoms with Crippen molar-refractivity contribution in [2.45, 2.75) is 13.3 Å². The van der Waals surface area contributed by atoms with Crippen LogP contribution in [0.3, 0.4) is 0 Å². The molecule has 19 heavy (non-hydrogen) atoms. The third kappa shape index (κ3) is 5.33. The zero-order valence-corrected chi connectivity index (χ0v) is 12.4. The quantitative estimate of drug-likeness (QED) is 0.705. The predicted octanol–water partition coefficient (Wildman–Crippen LogP) is 2.81. The highest BCUT2D eigenvalue weighted by Crippen LogP contribution is 2.18. The van der Waals surface area contributed by atoms with E-state index in [1.54, 1.807) is 0 Å². The Morgan fingerprint density at radius 2 is 1.74 bits per heavy atom. The van der Waals surface area contributed by atoms with Crippen LogP contribution in [0.15, 0.2) is 24.3 Å². The smallest absolute Gasteiger partial charge is 0.119 e. The Hall–Kier alpha value is -0.870. The number of nitrogens with one attached hydrogen (secondary N) is 1. The molecule has 1 aliphatic heterocycles. The Balaban J connectivity index is 1.57. The maximum absolute atomic E-state index is 5.71. The summed E-state index contributed by atoms with van der Waals surface area (Å²) in [6, 6.07) is 7.90. The predicted molar refractivity (Wildman–Crippen MR) is 81.4 cm³/mol. The summed E-state index contributed by atoms with van der Waals surface area (Å²) in [6.45, 7) is 6.03. The van der Waals surface area contributed by atoms with Gasteiger partial charge in [-0.15, -0.1) is 0 Å². The molecule has 1 aromatic rings. The maximum Gasteiger partial charge on any atom is 0.119 e. The van der Waals surface area contributed by atoms with E-state index in [0.717, 1.165) is 42.8 Å². The van der Waals surface area contributed by atoms with E-state index < -0.39 is 0 Å². The molecule has 1 heterocycles. The van der Waals surface area contributed by atoms with Gasteiger partial charge in [0.15, 0.2) is 0 Å². The molecule has 0 spiro atoms. The molecule has 3 nitrogen and oxygen atoms in total. The molecule has 1 aliphatic rings. The van der Waals surface area contributed by atoms with E-state index in [-0.39, 0.29) is 0 Å². The standard InChI is InChI=1S/C15H23NO2S/c1-2-7-17-14-3-5-15(6-4-14)18-8-9-19-12-13-10-16-11-13/h3-6,13,16H,2,7-12H2,1H3. The fourth-order valence-electron chi connectivity index (χ4n) is 1.79. The van der Waals surface area contributed by atoms with Crippen molar-refractivity contribution in [1.29, 1.82) is 0 Å². The van der Waals surface area contributed by atoms with Crippen LogP contribution in [0.1, 0.15) is 13.3 Å². The number of hydrogen-bond donors (Lipinski definition) is 1. The maximum atomic E-state index is 5.71. The van der Waals surface area contributed by atoms with E-state index in [4.69, 9.17) is 9.47 Å². The first kappa shape index (κ1) is 14.5. The van der Waals surface area contributed by atoms with Crippen LogP contribution >= 0.6 is 11.8 Å². The van der Waals surface area contributed by atoms with Crippen molar-refractivity contribution in [1.82, 2.24) is 5.32 Å². The third-order valence-corrected chi connectivity index (χ3v) is 4.18. The summed E-state index contributed by atoms with van der Waals surface area (Å²) in [5.74, 6) is 5.03. The lowest BCUT2D eigenvalue weighted by Gasteiger charge is -2.26. The monoisotopic (exact) mass is 281 g/mol. The average Bonchev–Trinajstić information content (AvgIpc) is 2.39. The lowest BCUT2D eigenvalue weighted by atomic mass is 10.1.